The zero-order chi connectivity index (χ0) is 30.5. The number of hydrogen-bond donors (Lipinski definition) is 1. The molecule has 1 aromatic heterocycles. The van der Waals surface area contributed by atoms with Crippen molar-refractivity contribution in [3.63, 3.8) is 0 Å². The third-order valence-electron chi connectivity index (χ3n) is 6.06. The van der Waals surface area contributed by atoms with Gasteiger partial charge in [0.15, 0.2) is 0 Å². The summed E-state index contributed by atoms with van der Waals surface area (Å²) in [6, 6.07) is 3.01. The Kier molecular flexibility index (Phi) is 9.84. The van der Waals surface area contributed by atoms with Gasteiger partial charge in [-0.05, 0) is 40.7 Å². The summed E-state index contributed by atoms with van der Waals surface area (Å²) >= 11 is 0. The first-order valence-corrected chi connectivity index (χ1v) is 12.9. The number of aliphatic imine (C=N–C) groups is 1. The second-order valence-corrected chi connectivity index (χ2v) is 10.5. The minimum atomic E-state index is -1.16. The van der Waals surface area contributed by atoms with Crippen molar-refractivity contribution in [1.82, 2.24) is 20.2 Å². The minimum absolute atomic E-state index is 0.0447. The number of amides is 2. The average Bonchev–Trinajstić information content (AvgIpc) is 2.92. The first kappa shape index (κ1) is 31.2. The molecule has 1 fully saturated rings. The molecule has 1 aliphatic heterocycles. The molecule has 41 heavy (non-hydrogen) atoms. The number of benzene rings is 1. The van der Waals surface area contributed by atoms with Crippen LogP contribution in [-0.4, -0.2) is 72.2 Å². The Morgan fingerprint density at radius 1 is 1.27 bits per heavy atom. The van der Waals surface area contributed by atoms with E-state index in [0.717, 1.165) is 11.0 Å². The van der Waals surface area contributed by atoms with E-state index >= 15 is 4.39 Å². The van der Waals surface area contributed by atoms with Gasteiger partial charge in [-0.2, -0.15) is 4.98 Å². The number of halogens is 2. The molecule has 2 heterocycles. The number of ether oxygens (including phenoxy) is 3. The monoisotopic (exact) mass is 574 g/mol. The Hall–Kier alpha value is -4.29. The van der Waals surface area contributed by atoms with Gasteiger partial charge in [0.25, 0.3) is 0 Å². The van der Waals surface area contributed by atoms with Gasteiger partial charge < -0.3 is 24.4 Å². The third-order valence-corrected chi connectivity index (χ3v) is 6.06. The van der Waals surface area contributed by atoms with Gasteiger partial charge in [-0.1, -0.05) is 12.6 Å². The van der Waals surface area contributed by atoms with Gasteiger partial charge in [0.1, 0.15) is 23.8 Å². The fourth-order valence-corrected chi connectivity index (χ4v) is 4.03. The number of likely N-dealkylation sites (N-methyl/N-ethyl adjacent to an activating group) is 1. The van der Waals surface area contributed by atoms with Gasteiger partial charge in [-0.3, -0.25) is 9.69 Å². The Morgan fingerprint density at radius 2 is 1.98 bits per heavy atom. The van der Waals surface area contributed by atoms with Crippen molar-refractivity contribution >= 4 is 23.9 Å². The van der Waals surface area contributed by atoms with E-state index in [9.17, 15) is 14.0 Å². The molecule has 11 nitrogen and oxygen atoms in total. The van der Waals surface area contributed by atoms with Crippen LogP contribution in [0.2, 0.25) is 0 Å². The van der Waals surface area contributed by atoms with Crippen molar-refractivity contribution in [2.45, 2.75) is 52.7 Å². The zero-order valence-electron chi connectivity index (χ0n) is 24.4. The lowest BCUT2D eigenvalue weighted by atomic mass is 9.96. The summed E-state index contributed by atoms with van der Waals surface area (Å²) in [5.74, 6) is -2.54. The highest BCUT2D eigenvalue weighted by molar-refractivity contribution is 6.03. The lowest BCUT2D eigenvalue weighted by Gasteiger charge is -2.28. The number of aromatic nitrogens is 2. The number of rotatable bonds is 6. The second kappa shape index (κ2) is 12.9. The van der Waals surface area contributed by atoms with Crippen molar-refractivity contribution in [2.24, 2.45) is 4.99 Å². The molecule has 0 bridgehead atoms. The third kappa shape index (κ3) is 8.12. The summed E-state index contributed by atoms with van der Waals surface area (Å²) in [4.78, 5) is 42.2. The molecule has 1 N–H and O–H groups in total. The van der Waals surface area contributed by atoms with Crippen LogP contribution >= 0.6 is 0 Å². The SMILES string of the molecule is C=C(C)OCc1nc(N2CCN/C(=N/C(=O)OC(C)(C)C)N(C)C(=O)C(c3ccc(F)cc3F)C2)nc(OC)c1C. The van der Waals surface area contributed by atoms with Crippen LogP contribution in [-0.2, 0) is 20.9 Å². The van der Waals surface area contributed by atoms with E-state index in [4.69, 9.17) is 14.2 Å². The van der Waals surface area contributed by atoms with E-state index in [0.29, 0.717) is 29.0 Å². The van der Waals surface area contributed by atoms with E-state index in [1.165, 1.54) is 20.2 Å². The number of hydrogen-bond acceptors (Lipinski definition) is 8. The van der Waals surface area contributed by atoms with Crippen LogP contribution in [0.25, 0.3) is 0 Å². The highest BCUT2D eigenvalue weighted by Gasteiger charge is 2.34. The maximum atomic E-state index is 15.1. The van der Waals surface area contributed by atoms with Crippen LogP contribution in [0, 0.1) is 18.6 Å². The molecule has 1 unspecified atom stereocenters. The van der Waals surface area contributed by atoms with Gasteiger partial charge in [-0.25, -0.2) is 18.6 Å². The summed E-state index contributed by atoms with van der Waals surface area (Å²) in [5.41, 5.74) is 0.328. The maximum absolute atomic E-state index is 15.1. The molecule has 222 valence electrons. The largest absolute Gasteiger partial charge is 0.493 e. The summed E-state index contributed by atoms with van der Waals surface area (Å²) < 4.78 is 45.2. The number of anilines is 1. The molecule has 1 aliphatic rings. The number of carbonyl (C=O) groups excluding carboxylic acids is 2. The van der Waals surface area contributed by atoms with Crippen molar-refractivity contribution in [3.8, 4) is 5.88 Å². The average molecular weight is 575 g/mol. The quantitative estimate of drug-likeness (QED) is 0.510. The number of guanidine groups is 1. The second-order valence-electron chi connectivity index (χ2n) is 10.5. The molecule has 3 rings (SSSR count). The Balaban J connectivity index is 2.10. The van der Waals surface area contributed by atoms with E-state index < -0.39 is 35.2 Å². The Bertz CT molecular complexity index is 1340. The van der Waals surface area contributed by atoms with E-state index in [1.54, 1.807) is 39.5 Å². The van der Waals surface area contributed by atoms with Gasteiger partial charge in [-0.15, -0.1) is 4.99 Å². The summed E-state index contributed by atoms with van der Waals surface area (Å²) in [7, 11) is 2.87. The van der Waals surface area contributed by atoms with Crippen LogP contribution in [0.4, 0.5) is 19.5 Å². The Labute approximate surface area is 238 Å². The van der Waals surface area contributed by atoms with Crippen molar-refractivity contribution in [1.29, 1.82) is 0 Å². The number of nitrogens with one attached hydrogen (secondary N) is 1. The van der Waals surface area contributed by atoms with Crippen LogP contribution in [0.15, 0.2) is 35.5 Å². The molecule has 0 radical (unpaired) electrons. The molecule has 2 amide bonds. The normalized spacial score (nSPS) is 17.3. The van der Waals surface area contributed by atoms with E-state index in [1.807, 2.05) is 0 Å². The molecular formula is C28H36F2N6O5. The van der Waals surface area contributed by atoms with Crippen LogP contribution < -0.4 is 15.0 Å². The Morgan fingerprint density at radius 3 is 2.59 bits per heavy atom. The predicted molar refractivity (Wildman–Crippen MR) is 149 cm³/mol. The number of nitrogens with zero attached hydrogens (tertiary/aromatic N) is 5. The standard InChI is InChI=1S/C28H36F2N6O5/c1-16(2)40-15-22-17(3)23(39-8)33-26(32-22)36-12-11-31-25(34-27(38)41-28(4,5)6)35(7)24(37)20(14-36)19-10-9-18(29)13-21(19)30/h9-10,13,20H,1,11-12,14-15H2,2-8H3,(H,31,34,38). The van der Waals surface area contributed by atoms with Crippen LogP contribution in [0.3, 0.4) is 0 Å². The minimum Gasteiger partial charge on any atom is -0.493 e. The molecule has 1 atom stereocenters. The zero-order valence-corrected chi connectivity index (χ0v) is 24.4. The number of methoxy groups -OCH3 is 1. The summed E-state index contributed by atoms with van der Waals surface area (Å²) in [6.45, 7) is 12.7. The fourth-order valence-electron chi connectivity index (χ4n) is 4.03. The smallest absolute Gasteiger partial charge is 0.437 e. The first-order chi connectivity index (χ1) is 19.2. The molecule has 1 saturated heterocycles. The molecule has 13 heteroatoms. The summed E-state index contributed by atoms with van der Waals surface area (Å²) in [6.07, 6.45) is -0.908. The van der Waals surface area contributed by atoms with Crippen LogP contribution in [0.5, 0.6) is 5.88 Å². The molecular weight excluding hydrogens is 538 g/mol. The van der Waals surface area contributed by atoms with Crippen LogP contribution in [0.1, 0.15) is 50.4 Å². The van der Waals surface area contributed by atoms with Gasteiger partial charge in [0.05, 0.1) is 24.5 Å². The highest BCUT2D eigenvalue weighted by atomic mass is 19.1. The van der Waals surface area contributed by atoms with Gasteiger partial charge >= 0.3 is 6.09 Å². The number of allylic oxidation sites excluding steroid dienone is 1. The predicted octanol–water partition coefficient (Wildman–Crippen LogP) is 4.06. The summed E-state index contributed by atoms with van der Waals surface area (Å²) in [5, 5.41) is 2.98. The molecule has 2 aromatic rings. The fraction of sp³-hybridized carbons (Fsp3) is 0.464. The molecule has 0 saturated carbocycles. The van der Waals surface area contributed by atoms with Crippen molar-refractivity contribution < 1.29 is 32.6 Å². The lowest BCUT2D eigenvalue weighted by molar-refractivity contribution is -0.127. The number of carbonyl (C=O) groups is 2. The maximum Gasteiger partial charge on any atom is 0.437 e. The van der Waals surface area contributed by atoms with Crippen molar-refractivity contribution in [2.75, 3.05) is 38.7 Å². The lowest BCUT2D eigenvalue weighted by Crippen LogP contribution is -2.45. The van der Waals surface area contributed by atoms with Crippen molar-refractivity contribution in [3.05, 3.63) is 59.0 Å². The van der Waals surface area contributed by atoms with E-state index in [2.05, 4.69) is 26.9 Å². The molecule has 0 aliphatic carbocycles. The van der Waals surface area contributed by atoms with Gasteiger partial charge in [0, 0.05) is 43.9 Å². The topological polar surface area (TPSA) is 118 Å². The van der Waals surface area contributed by atoms with E-state index in [-0.39, 0.29) is 43.7 Å². The molecule has 0 spiro atoms. The first-order valence-electron chi connectivity index (χ1n) is 12.9. The molecule has 1 aromatic carbocycles. The highest BCUT2D eigenvalue weighted by Crippen LogP contribution is 2.28. The van der Waals surface area contributed by atoms with Gasteiger partial charge in [0.2, 0.25) is 23.7 Å².